The first-order valence-electron chi connectivity index (χ1n) is 8.19. The van der Waals surface area contributed by atoms with Gasteiger partial charge >= 0.3 is 6.09 Å². The summed E-state index contributed by atoms with van der Waals surface area (Å²) in [6.45, 7) is 2.18. The van der Waals surface area contributed by atoms with E-state index in [9.17, 15) is 19.2 Å². The maximum atomic E-state index is 12.0. The molecule has 0 saturated heterocycles. The van der Waals surface area contributed by atoms with E-state index in [1.165, 1.54) is 0 Å². The molecule has 0 aliphatic rings. The van der Waals surface area contributed by atoms with Crippen LogP contribution in [-0.2, 0) is 14.4 Å². The molecule has 0 rings (SSSR count). The first-order valence-corrected chi connectivity index (χ1v) is 8.19. The monoisotopic (exact) mass is 344 g/mol. The lowest BCUT2D eigenvalue weighted by atomic mass is 10.1. The maximum absolute atomic E-state index is 12.0. The molecule has 0 spiro atoms. The standard InChI is InChI=1S/C15H28N4O5/c1-2-3-4-5-6-7-13(21)19-11(10-12(16)20)14(22)17-8-9-18-15(23)24/h11,18H,2-10H2,1H3,(H2,16,20)(H,17,22)(H,19,21)(H,23,24)/t11-/m1/s1. The number of nitrogens with one attached hydrogen (secondary N) is 3. The number of hydrogen-bond donors (Lipinski definition) is 5. The summed E-state index contributed by atoms with van der Waals surface area (Å²) in [6.07, 6.45) is 3.74. The highest BCUT2D eigenvalue weighted by atomic mass is 16.4. The molecule has 0 bridgehead atoms. The summed E-state index contributed by atoms with van der Waals surface area (Å²) in [5.41, 5.74) is 5.10. The maximum Gasteiger partial charge on any atom is 0.404 e. The van der Waals surface area contributed by atoms with Crippen LogP contribution >= 0.6 is 0 Å². The van der Waals surface area contributed by atoms with E-state index in [2.05, 4.69) is 22.9 Å². The van der Waals surface area contributed by atoms with E-state index in [0.717, 1.165) is 32.1 Å². The number of nitrogens with two attached hydrogens (primary N) is 1. The average Bonchev–Trinajstić information content (AvgIpc) is 2.49. The Kier molecular flexibility index (Phi) is 11.9. The van der Waals surface area contributed by atoms with Gasteiger partial charge in [0.2, 0.25) is 17.7 Å². The van der Waals surface area contributed by atoms with Crippen LogP contribution in [0, 0.1) is 0 Å². The van der Waals surface area contributed by atoms with Gasteiger partial charge in [-0.15, -0.1) is 0 Å². The third-order valence-corrected chi connectivity index (χ3v) is 3.26. The van der Waals surface area contributed by atoms with Gasteiger partial charge in [-0.05, 0) is 6.42 Å². The lowest BCUT2D eigenvalue weighted by Crippen LogP contribution is -2.49. The number of unbranched alkanes of at least 4 members (excludes halogenated alkanes) is 4. The van der Waals surface area contributed by atoms with Crippen LogP contribution in [0.4, 0.5) is 4.79 Å². The van der Waals surface area contributed by atoms with Gasteiger partial charge in [0, 0.05) is 19.5 Å². The van der Waals surface area contributed by atoms with Crippen molar-refractivity contribution in [1.82, 2.24) is 16.0 Å². The van der Waals surface area contributed by atoms with Crippen molar-refractivity contribution in [3.05, 3.63) is 0 Å². The number of hydrogen-bond acceptors (Lipinski definition) is 4. The molecular formula is C15H28N4O5. The van der Waals surface area contributed by atoms with Crippen LogP contribution in [0.5, 0.6) is 0 Å². The van der Waals surface area contributed by atoms with Crippen molar-refractivity contribution in [3.63, 3.8) is 0 Å². The zero-order chi connectivity index (χ0) is 18.4. The molecule has 1 atom stereocenters. The van der Waals surface area contributed by atoms with Crippen LogP contribution in [0.15, 0.2) is 0 Å². The minimum Gasteiger partial charge on any atom is -0.465 e. The van der Waals surface area contributed by atoms with Crippen molar-refractivity contribution < 1.29 is 24.3 Å². The highest BCUT2D eigenvalue weighted by Gasteiger charge is 2.22. The smallest absolute Gasteiger partial charge is 0.404 e. The highest BCUT2D eigenvalue weighted by Crippen LogP contribution is 2.05. The molecule has 0 aromatic carbocycles. The second-order valence-corrected chi connectivity index (χ2v) is 5.48. The van der Waals surface area contributed by atoms with E-state index in [1.54, 1.807) is 0 Å². The molecule has 0 unspecified atom stereocenters. The minimum atomic E-state index is -1.20. The van der Waals surface area contributed by atoms with E-state index in [1.807, 2.05) is 0 Å². The Morgan fingerprint density at radius 2 is 1.62 bits per heavy atom. The van der Waals surface area contributed by atoms with Crippen molar-refractivity contribution in [2.24, 2.45) is 5.73 Å². The predicted octanol–water partition coefficient (Wildman–Crippen LogP) is 0.0909. The molecule has 24 heavy (non-hydrogen) atoms. The van der Waals surface area contributed by atoms with Crippen molar-refractivity contribution >= 4 is 23.8 Å². The molecule has 138 valence electrons. The molecule has 9 heteroatoms. The third-order valence-electron chi connectivity index (χ3n) is 3.26. The Morgan fingerprint density at radius 3 is 2.21 bits per heavy atom. The van der Waals surface area contributed by atoms with Crippen LogP contribution in [-0.4, -0.2) is 48.1 Å². The number of carbonyl (C=O) groups excluding carboxylic acids is 3. The van der Waals surface area contributed by atoms with Crippen molar-refractivity contribution in [2.75, 3.05) is 13.1 Å². The van der Waals surface area contributed by atoms with E-state index < -0.39 is 23.9 Å². The Hall–Kier alpha value is -2.32. The molecular weight excluding hydrogens is 316 g/mol. The second-order valence-electron chi connectivity index (χ2n) is 5.48. The van der Waals surface area contributed by atoms with Gasteiger partial charge in [0.05, 0.1) is 6.42 Å². The summed E-state index contributed by atoms with van der Waals surface area (Å²) in [5, 5.41) is 15.5. The number of primary amides is 1. The molecule has 0 aromatic rings. The highest BCUT2D eigenvalue weighted by molar-refractivity contribution is 5.91. The van der Waals surface area contributed by atoms with E-state index in [0.29, 0.717) is 0 Å². The van der Waals surface area contributed by atoms with Crippen LogP contribution in [0.1, 0.15) is 51.9 Å². The Morgan fingerprint density at radius 1 is 1.00 bits per heavy atom. The average molecular weight is 344 g/mol. The van der Waals surface area contributed by atoms with Gasteiger partial charge in [0.1, 0.15) is 6.04 Å². The fourth-order valence-electron chi connectivity index (χ4n) is 2.04. The summed E-state index contributed by atoms with van der Waals surface area (Å²) in [6, 6.07) is -1.05. The van der Waals surface area contributed by atoms with Crippen LogP contribution in [0.2, 0.25) is 0 Å². The van der Waals surface area contributed by atoms with Crippen LogP contribution < -0.4 is 21.7 Å². The quantitative estimate of drug-likeness (QED) is 0.300. The van der Waals surface area contributed by atoms with Gasteiger partial charge in [-0.3, -0.25) is 14.4 Å². The number of amides is 4. The van der Waals surface area contributed by atoms with Gasteiger partial charge in [-0.2, -0.15) is 0 Å². The predicted molar refractivity (Wildman–Crippen MR) is 88.2 cm³/mol. The van der Waals surface area contributed by atoms with Gasteiger partial charge in [0.15, 0.2) is 0 Å². The lowest BCUT2D eigenvalue weighted by Gasteiger charge is -2.17. The molecule has 9 nitrogen and oxygen atoms in total. The van der Waals surface area contributed by atoms with Gasteiger partial charge in [-0.1, -0.05) is 32.6 Å². The number of carbonyl (C=O) groups is 4. The normalized spacial score (nSPS) is 11.4. The fourth-order valence-corrected chi connectivity index (χ4v) is 2.04. The van der Waals surface area contributed by atoms with Gasteiger partial charge in [0.25, 0.3) is 0 Å². The first-order chi connectivity index (χ1) is 11.4. The topological polar surface area (TPSA) is 151 Å². The molecule has 0 saturated carbocycles. The summed E-state index contributed by atoms with van der Waals surface area (Å²) in [5.74, 6) is -1.58. The summed E-state index contributed by atoms with van der Waals surface area (Å²) in [7, 11) is 0. The molecule has 6 N–H and O–H groups in total. The van der Waals surface area contributed by atoms with E-state index in [-0.39, 0.29) is 31.8 Å². The van der Waals surface area contributed by atoms with Crippen LogP contribution in [0.3, 0.4) is 0 Å². The first kappa shape index (κ1) is 21.7. The van der Waals surface area contributed by atoms with Gasteiger partial charge < -0.3 is 26.8 Å². The number of carboxylic acid groups (broad SMARTS) is 1. The van der Waals surface area contributed by atoms with Crippen molar-refractivity contribution in [1.29, 1.82) is 0 Å². The van der Waals surface area contributed by atoms with Crippen molar-refractivity contribution in [2.45, 2.75) is 57.9 Å². The number of rotatable bonds is 13. The third kappa shape index (κ3) is 12.2. The molecule has 4 amide bonds. The molecule has 0 radical (unpaired) electrons. The molecule has 0 aliphatic carbocycles. The van der Waals surface area contributed by atoms with E-state index >= 15 is 0 Å². The van der Waals surface area contributed by atoms with Crippen LogP contribution in [0.25, 0.3) is 0 Å². The Balaban J connectivity index is 4.23. The molecule has 0 aliphatic heterocycles. The van der Waals surface area contributed by atoms with E-state index in [4.69, 9.17) is 10.8 Å². The lowest BCUT2D eigenvalue weighted by molar-refractivity contribution is -0.131. The molecule has 0 aromatic heterocycles. The summed E-state index contributed by atoms with van der Waals surface area (Å²) < 4.78 is 0. The summed E-state index contributed by atoms with van der Waals surface area (Å²) >= 11 is 0. The second kappa shape index (κ2) is 13.1. The SMILES string of the molecule is CCCCCCCC(=O)N[C@H](CC(N)=O)C(=O)NCCNC(=O)O. The molecule has 0 fully saturated rings. The zero-order valence-electron chi connectivity index (χ0n) is 14.1. The fraction of sp³-hybridized carbons (Fsp3) is 0.733. The largest absolute Gasteiger partial charge is 0.465 e. The summed E-state index contributed by atoms with van der Waals surface area (Å²) in [4.78, 5) is 45.2. The van der Waals surface area contributed by atoms with Crippen molar-refractivity contribution in [3.8, 4) is 0 Å². The van der Waals surface area contributed by atoms with Gasteiger partial charge in [-0.25, -0.2) is 4.79 Å². The Bertz CT molecular complexity index is 428. The minimum absolute atomic E-state index is 0.0236. The molecule has 0 heterocycles. The zero-order valence-corrected chi connectivity index (χ0v) is 14.1. The Labute approximate surface area is 141 Å².